The monoisotopic (exact) mass is 518 g/mol. The summed E-state index contributed by atoms with van der Waals surface area (Å²) in [6.07, 6.45) is 1.33. The Kier molecular flexibility index (Phi) is 6.41. The number of carbonyl (C=O) groups excluding carboxylic acids is 3. The average Bonchev–Trinajstić information content (AvgIpc) is 2.96. The molecule has 0 aromatic rings. The fourth-order valence-corrected chi connectivity index (χ4v) is 9.24. The summed E-state index contributed by atoms with van der Waals surface area (Å²) in [6, 6.07) is 0. The quantitative estimate of drug-likeness (QED) is 0.411. The molecule has 0 radical (unpaired) electrons. The molecule has 4 rings (SSSR count). The molecule has 4 N–H and O–H groups in total. The predicted octanol–water partition coefficient (Wildman–Crippen LogP) is 3.15. The summed E-state index contributed by atoms with van der Waals surface area (Å²) in [6.45, 7) is 14.3. The van der Waals surface area contributed by atoms with Crippen molar-refractivity contribution in [2.45, 2.75) is 117 Å². The molecule has 0 amide bonds. The van der Waals surface area contributed by atoms with Gasteiger partial charge < -0.3 is 20.4 Å². The number of fused-ring (bicyclic) bond motifs is 5. The maximum absolute atomic E-state index is 14.2. The van der Waals surface area contributed by atoms with E-state index in [0.29, 0.717) is 12.8 Å². The SMILES string of the molecule is CC(C)(O)CCC(=O)[C@](C)(O)[C@@H]1[C@H](O)C[C@@]2(C)[C@@H]3CC=C4[C@@H](C[C@H](O)C(=O)C4(C)C)[C@]3(C)C(=O)C[C@]12C. The van der Waals surface area contributed by atoms with Crippen molar-refractivity contribution >= 4 is 17.3 Å². The molecular weight excluding hydrogens is 472 g/mol. The summed E-state index contributed by atoms with van der Waals surface area (Å²) in [7, 11) is 0. The van der Waals surface area contributed by atoms with Gasteiger partial charge in [0, 0.05) is 29.6 Å². The number of carbonyl (C=O) groups is 3. The third-order valence-electron chi connectivity index (χ3n) is 11.5. The largest absolute Gasteiger partial charge is 0.393 e. The zero-order valence-corrected chi connectivity index (χ0v) is 23.7. The second-order valence-corrected chi connectivity index (χ2v) is 14.6. The number of ketones is 3. The lowest BCUT2D eigenvalue weighted by Gasteiger charge is -2.64. The van der Waals surface area contributed by atoms with Crippen molar-refractivity contribution in [1.82, 2.24) is 0 Å². The molecule has 7 nitrogen and oxygen atoms in total. The van der Waals surface area contributed by atoms with Crippen LogP contribution in [0, 0.1) is 39.4 Å². The first kappa shape index (κ1) is 28.6. The van der Waals surface area contributed by atoms with Gasteiger partial charge in [-0.3, -0.25) is 14.4 Å². The maximum Gasteiger partial charge on any atom is 0.170 e. The van der Waals surface area contributed by atoms with Crippen LogP contribution in [0.2, 0.25) is 0 Å². The normalized spacial score (nSPS) is 44.9. The minimum absolute atomic E-state index is 0.00395. The number of rotatable bonds is 5. The van der Waals surface area contributed by atoms with Crippen molar-refractivity contribution in [2.75, 3.05) is 0 Å². The van der Waals surface area contributed by atoms with Crippen LogP contribution in [0.15, 0.2) is 11.6 Å². The van der Waals surface area contributed by atoms with Crippen LogP contribution in [0.4, 0.5) is 0 Å². The van der Waals surface area contributed by atoms with Gasteiger partial charge in [-0.25, -0.2) is 0 Å². The third-order valence-corrected chi connectivity index (χ3v) is 11.5. The molecule has 0 aliphatic heterocycles. The fraction of sp³-hybridized carbons (Fsp3) is 0.833. The zero-order valence-electron chi connectivity index (χ0n) is 23.7. The zero-order chi connectivity index (χ0) is 28.1. The summed E-state index contributed by atoms with van der Waals surface area (Å²) in [5.74, 6) is -1.96. The van der Waals surface area contributed by atoms with E-state index >= 15 is 0 Å². The molecule has 0 unspecified atom stereocenters. The van der Waals surface area contributed by atoms with Gasteiger partial charge in [-0.15, -0.1) is 0 Å². The van der Waals surface area contributed by atoms with Crippen LogP contribution >= 0.6 is 0 Å². The predicted molar refractivity (Wildman–Crippen MR) is 138 cm³/mol. The molecule has 0 bridgehead atoms. The Morgan fingerprint density at radius 2 is 1.62 bits per heavy atom. The summed E-state index contributed by atoms with van der Waals surface area (Å²) < 4.78 is 0. The van der Waals surface area contributed by atoms with Crippen LogP contribution in [0.3, 0.4) is 0 Å². The second kappa shape index (κ2) is 8.30. The number of allylic oxidation sites excluding steroid dienone is 2. The minimum Gasteiger partial charge on any atom is -0.393 e. The molecule has 0 saturated heterocycles. The molecule has 208 valence electrons. The van der Waals surface area contributed by atoms with Crippen molar-refractivity contribution in [3.8, 4) is 0 Å². The molecule has 3 saturated carbocycles. The van der Waals surface area contributed by atoms with Gasteiger partial charge in [-0.2, -0.15) is 0 Å². The van der Waals surface area contributed by atoms with Crippen molar-refractivity contribution in [1.29, 1.82) is 0 Å². The first-order valence-corrected chi connectivity index (χ1v) is 13.8. The van der Waals surface area contributed by atoms with E-state index in [0.717, 1.165) is 5.57 Å². The summed E-state index contributed by atoms with van der Waals surface area (Å²) in [5, 5.41) is 43.9. The second-order valence-electron chi connectivity index (χ2n) is 14.6. The van der Waals surface area contributed by atoms with Gasteiger partial charge in [0.1, 0.15) is 17.5 Å². The van der Waals surface area contributed by atoms with Crippen molar-refractivity contribution in [3.05, 3.63) is 11.6 Å². The van der Waals surface area contributed by atoms with E-state index in [1.54, 1.807) is 13.8 Å². The number of aliphatic hydroxyl groups is 4. The summed E-state index contributed by atoms with van der Waals surface area (Å²) in [5.41, 5.74) is -5.10. The van der Waals surface area contributed by atoms with E-state index in [4.69, 9.17) is 0 Å². The highest BCUT2D eigenvalue weighted by molar-refractivity contribution is 5.95. The summed E-state index contributed by atoms with van der Waals surface area (Å²) >= 11 is 0. The molecular formula is C30H46O7. The summed E-state index contributed by atoms with van der Waals surface area (Å²) in [4.78, 5) is 40.4. The van der Waals surface area contributed by atoms with Crippen LogP contribution in [0.5, 0.6) is 0 Å². The third kappa shape index (κ3) is 3.78. The van der Waals surface area contributed by atoms with Gasteiger partial charge in [-0.1, -0.05) is 32.4 Å². The lowest BCUT2D eigenvalue weighted by Crippen LogP contribution is -2.65. The molecule has 0 spiro atoms. The average molecular weight is 519 g/mol. The first-order chi connectivity index (χ1) is 16.7. The first-order valence-electron chi connectivity index (χ1n) is 13.8. The van der Waals surface area contributed by atoms with Crippen molar-refractivity contribution in [2.24, 2.45) is 39.4 Å². The number of hydrogen-bond donors (Lipinski definition) is 4. The standard InChI is InChI=1S/C30H46O7/c1-25(2,36)12-11-21(33)30(8,37)23-19(32)14-27(5)20-10-9-16-17(13-18(31)24(35)26(16,3)4)29(20,7)22(34)15-28(23,27)6/h9,17-20,23,31-32,36-37H,10-15H2,1-8H3/t17-,18+,19-,20+,23-,27+,28-,29+,30+/m1/s1. The fourth-order valence-electron chi connectivity index (χ4n) is 9.24. The Morgan fingerprint density at radius 3 is 2.19 bits per heavy atom. The Hall–Kier alpha value is -1.41. The lowest BCUT2D eigenvalue weighted by atomic mass is 9.38. The van der Waals surface area contributed by atoms with Gasteiger partial charge in [0.15, 0.2) is 11.6 Å². The van der Waals surface area contributed by atoms with Crippen LogP contribution in [0.25, 0.3) is 0 Å². The number of hydrogen-bond acceptors (Lipinski definition) is 7. The van der Waals surface area contributed by atoms with Crippen LogP contribution in [-0.4, -0.2) is 61.2 Å². The Labute approximate surface area is 220 Å². The molecule has 9 atom stereocenters. The van der Waals surface area contributed by atoms with E-state index in [1.807, 2.05) is 27.7 Å². The van der Waals surface area contributed by atoms with Crippen LogP contribution in [0.1, 0.15) is 93.9 Å². The highest BCUT2D eigenvalue weighted by Gasteiger charge is 2.74. The minimum atomic E-state index is -1.86. The molecule has 0 heterocycles. The lowest BCUT2D eigenvalue weighted by molar-refractivity contribution is -0.185. The highest BCUT2D eigenvalue weighted by Crippen LogP contribution is 2.74. The van der Waals surface area contributed by atoms with Gasteiger partial charge in [-0.05, 0) is 83.0 Å². The van der Waals surface area contributed by atoms with E-state index in [-0.39, 0.29) is 49.1 Å². The highest BCUT2D eigenvalue weighted by atomic mass is 16.3. The van der Waals surface area contributed by atoms with Crippen LogP contribution < -0.4 is 0 Å². The topological polar surface area (TPSA) is 132 Å². The van der Waals surface area contributed by atoms with Crippen molar-refractivity contribution < 1.29 is 34.8 Å². The number of aliphatic hydroxyl groups excluding tert-OH is 2. The van der Waals surface area contributed by atoms with Gasteiger partial charge in [0.25, 0.3) is 0 Å². The number of Topliss-reactive ketones (excluding diaryl/α,β-unsaturated/α-hetero) is 3. The molecule has 0 aromatic carbocycles. The molecule has 0 aromatic heterocycles. The Bertz CT molecular complexity index is 1050. The van der Waals surface area contributed by atoms with Gasteiger partial charge >= 0.3 is 0 Å². The smallest absolute Gasteiger partial charge is 0.170 e. The van der Waals surface area contributed by atoms with Crippen molar-refractivity contribution in [3.63, 3.8) is 0 Å². The van der Waals surface area contributed by atoms with Crippen LogP contribution in [-0.2, 0) is 14.4 Å². The molecule has 4 aliphatic rings. The van der Waals surface area contributed by atoms with E-state index in [1.165, 1.54) is 6.92 Å². The van der Waals surface area contributed by atoms with E-state index in [2.05, 4.69) is 13.0 Å². The maximum atomic E-state index is 14.2. The van der Waals surface area contributed by atoms with Gasteiger partial charge in [0.2, 0.25) is 0 Å². The Balaban J connectivity index is 1.77. The molecule has 37 heavy (non-hydrogen) atoms. The van der Waals surface area contributed by atoms with E-state index < -0.39 is 56.8 Å². The van der Waals surface area contributed by atoms with E-state index in [9.17, 15) is 34.8 Å². The molecule has 4 aliphatic carbocycles. The van der Waals surface area contributed by atoms with Gasteiger partial charge in [0.05, 0.1) is 11.7 Å². The Morgan fingerprint density at radius 1 is 1.03 bits per heavy atom. The molecule has 3 fully saturated rings. The molecule has 7 heteroatoms.